The Hall–Kier alpha value is -1.75. The van der Waals surface area contributed by atoms with E-state index in [0.29, 0.717) is 18.6 Å². The molecule has 0 bridgehead atoms. The highest BCUT2D eigenvalue weighted by atomic mass is 28.4. The molecule has 0 radical (unpaired) electrons. The molecule has 2 fully saturated rings. The van der Waals surface area contributed by atoms with E-state index in [1.807, 2.05) is 0 Å². The van der Waals surface area contributed by atoms with E-state index >= 15 is 0 Å². The number of hydrogen-bond acceptors (Lipinski definition) is 3. The average Bonchev–Trinajstić information content (AvgIpc) is 3.83. The van der Waals surface area contributed by atoms with Crippen LogP contribution in [0.15, 0.2) is 24.3 Å². The number of aliphatic hydroxyl groups excluding tert-OH is 1. The Morgan fingerprint density at radius 2 is 1.00 bits per heavy atom. The zero-order valence-electron chi connectivity index (χ0n) is 31.6. The summed E-state index contributed by atoms with van der Waals surface area (Å²) >= 11 is 0. The van der Waals surface area contributed by atoms with Gasteiger partial charge in [-0.25, -0.2) is 0 Å². The molecule has 6 aliphatic carbocycles. The van der Waals surface area contributed by atoms with Gasteiger partial charge in [0.1, 0.15) is 11.9 Å². The van der Waals surface area contributed by atoms with Crippen LogP contribution in [-0.2, 0) is 54.2 Å². The molecule has 3 atom stereocenters. The number of ketones is 1. The number of carbonyl (C=O) groups excluding carboxylic acids is 1. The SMILES string of the molecule is C.C.CCCC1CCC(C2Cc3cc4c(cc3C2)C(O)C(O[Si](C)(C)C)C4)CC1.CCCC1CCC(C2Cc3cc4c(cc3C2)CC(=O)C4)CC1. The Morgan fingerprint density at radius 1 is 0.588 bits per heavy atom. The summed E-state index contributed by atoms with van der Waals surface area (Å²) in [6.45, 7) is 11.3. The van der Waals surface area contributed by atoms with Crippen LogP contribution in [0.2, 0.25) is 19.6 Å². The lowest BCUT2D eigenvalue weighted by Gasteiger charge is -2.32. The minimum absolute atomic E-state index is 0. The van der Waals surface area contributed by atoms with Gasteiger partial charge in [-0.15, -0.1) is 0 Å². The highest BCUT2D eigenvalue weighted by molar-refractivity contribution is 6.69. The van der Waals surface area contributed by atoms with Crippen LogP contribution in [0.1, 0.15) is 156 Å². The molecule has 0 spiro atoms. The lowest BCUT2D eigenvalue weighted by atomic mass is 9.74. The summed E-state index contributed by atoms with van der Waals surface area (Å²) in [5.41, 5.74) is 11.4. The minimum Gasteiger partial charge on any atom is -0.411 e. The van der Waals surface area contributed by atoms with Gasteiger partial charge in [0.2, 0.25) is 0 Å². The van der Waals surface area contributed by atoms with Crippen LogP contribution in [0.25, 0.3) is 0 Å². The van der Waals surface area contributed by atoms with Crippen molar-refractivity contribution in [1.82, 2.24) is 0 Å². The topological polar surface area (TPSA) is 46.5 Å². The molecule has 6 aliphatic rings. The van der Waals surface area contributed by atoms with E-state index in [4.69, 9.17) is 4.43 Å². The first-order valence-corrected chi connectivity index (χ1v) is 24.1. The van der Waals surface area contributed by atoms with Crippen molar-refractivity contribution in [2.75, 3.05) is 0 Å². The van der Waals surface area contributed by atoms with E-state index in [-0.39, 0.29) is 21.0 Å². The first-order chi connectivity index (χ1) is 23.6. The fourth-order valence-corrected chi connectivity index (χ4v) is 12.4. The van der Waals surface area contributed by atoms with E-state index in [1.165, 1.54) is 125 Å². The lowest BCUT2D eigenvalue weighted by Crippen LogP contribution is -2.34. The van der Waals surface area contributed by atoms with E-state index in [0.717, 1.165) is 47.5 Å². The number of hydrogen-bond donors (Lipinski definition) is 1. The van der Waals surface area contributed by atoms with Crippen molar-refractivity contribution >= 4 is 14.1 Å². The van der Waals surface area contributed by atoms with Gasteiger partial charge < -0.3 is 9.53 Å². The largest absolute Gasteiger partial charge is 0.411 e. The molecule has 0 amide bonds. The molecule has 51 heavy (non-hydrogen) atoms. The Bertz CT molecular complexity index is 1430. The summed E-state index contributed by atoms with van der Waals surface area (Å²) in [4.78, 5) is 11.6. The molecule has 0 aromatic heterocycles. The van der Waals surface area contributed by atoms with Crippen LogP contribution >= 0.6 is 0 Å². The van der Waals surface area contributed by atoms with Gasteiger partial charge in [0.15, 0.2) is 8.32 Å². The Labute approximate surface area is 314 Å². The molecular weight excluding hydrogens is 641 g/mol. The number of aliphatic hydroxyl groups is 1. The average molecular weight is 715 g/mol. The first kappa shape index (κ1) is 40.4. The predicted octanol–water partition coefficient (Wildman–Crippen LogP) is 11.8. The highest BCUT2D eigenvalue weighted by Gasteiger charge is 2.38. The maximum absolute atomic E-state index is 11.6. The van der Waals surface area contributed by atoms with Crippen molar-refractivity contribution in [2.45, 2.75) is 183 Å². The quantitative estimate of drug-likeness (QED) is 0.277. The van der Waals surface area contributed by atoms with Crippen molar-refractivity contribution in [1.29, 1.82) is 0 Å². The number of fused-ring (bicyclic) bond motifs is 4. The molecule has 1 N–H and O–H groups in total. The van der Waals surface area contributed by atoms with Crippen molar-refractivity contribution in [3.05, 3.63) is 68.8 Å². The molecule has 3 nitrogen and oxygen atoms in total. The third-order valence-corrected chi connectivity index (χ3v) is 14.8. The molecule has 2 saturated carbocycles. The van der Waals surface area contributed by atoms with Gasteiger partial charge in [0, 0.05) is 19.3 Å². The lowest BCUT2D eigenvalue weighted by molar-refractivity contribution is -0.117. The van der Waals surface area contributed by atoms with Gasteiger partial charge in [-0.2, -0.15) is 0 Å². The summed E-state index contributed by atoms with van der Waals surface area (Å²) in [5, 5.41) is 10.8. The number of Topliss-reactive ketones (excluding diaryl/α,β-unsaturated/α-hetero) is 1. The van der Waals surface area contributed by atoms with Crippen molar-refractivity contribution in [3.63, 3.8) is 0 Å². The van der Waals surface area contributed by atoms with Crippen molar-refractivity contribution in [3.8, 4) is 0 Å². The first-order valence-electron chi connectivity index (χ1n) is 20.7. The second-order valence-electron chi connectivity index (χ2n) is 18.5. The van der Waals surface area contributed by atoms with Gasteiger partial charge >= 0.3 is 0 Å². The molecule has 0 heterocycles. The van der Waals surface area contributed by atoms with Gasteiger partial charge in [-0.05, 0) is 151 Å². The Morgan fingerprint density at radius 3 is 1.41 bits per heavy atom. The minimum atomic E-state index is -1.63. The van der Waals surface area contributed by atoms with Crippen LogP contribution in [-0.4, -0.2) is 25.3 Å². The normalized spacial score (nSPS) is 29.6. The Kier molecular flexibility index (Phi) is 13.6. The zero-order chi connectivity index (χ0) is 34.3. The van der Waals surface area contributed by atoms with Gasteiger partial charge in [-0.3, -0.25) is 4.79 Å². The van der Waals surface area contributed by atoms with E-state index in [2.05, 4.69) is 57.8 Å². The second kappa shape index (κ2) is 17.1. The third kappa shape index (κ3) is 9.32. The van der Waals surface area contributed by atoms with Crippen LogP contribution in [0.3, 0.4) is 0 Å². The molecule has 2 aromatic rings. The Balaban J connectivity index is 0.000000194. The fourth-order valence-electron chi connectivity index (χ4n) is 11.3. The van der Waals surface area contributed by atoms with Crippen LogP contribution < -0.4 is 0 Å². The second-order valence-corrected chi connectivity index (χ2v) is 23.0. The zero-order valence-corrected chi connectivity index (χ0v) is 32.6. The third-order valence-electron chi connectivity index (χ3n) is 13.8. The predicted molar refractivity (Wildman–Crippen MR) is 218 cm³/mol. The fraction of sp³-hybridized carbons (Fsp3) is 0.723. The molecule has 0 aliphatic heterocycles. The van der Waals surface area contributed by atoms with E-state index < -0.39 is 14.4 Å². The molecular formula is C47H74O3Si. The summed E-state index contributed by atoms with van der Waals surface area (Å²) in [6, 6.07) is 9.51. The molecule has 2 aromatic carbocycles. The molecule has 3 unspecified atom stereocenters. The number of rotatable bonds is 8. The standard InChI is InChI=1S/C24H38O2Si.C21H28O.2CH4/c1-5-6-16-7-9-17(10-8-16)18-11-19-13-21-15-23(26-27(2,3)4)24(25)22(21)14-20(19)12-18;1-2-3-14-4-6-15(7-5-14)16-8-17-10-19-12-21(22)13-20(19)11-18(17)9-16;;/h13-14,16-18,23-25H,5-12,15H2,1-4H3;10-11,14-16H,2-9,12-13H2,1H3;2*1H4. The van der Waals surface area contributed by atoms with Crippen molar-refractivity contribution < 1.29 is 14.3 Å². The van der Waals surface area contributed by atoms with Gasteiger partial charge in [0.05, 0.1) is 6.10 Å². The molecule has 8 rings (SSSR count). The molecule has 284 valence electrons. The number of benzene rings is 2. The van der Waals surface area contributed by atoms with Gasteiger partial charge in [0.25, 0.3) is 0 Å². The number of carbonyl (C=O) groups is 1. The van der Waals surface area contributed by atoms with Crippen LogP contribution in [0, 0.1) is 35.5 Å². The monoisotopic (exact) mass is 715 g/mol. The molecule has 4 heteroatoms. The van der Waals surface area contributed by atoms with E-state index in [9.17, 15) is 9.90 Å². The highest BCUT2D eigenvalue weighted by Crippen LogP contribution is 2.45. The van der Waals surface area contributed by atoms with Crippen LogP contribution in [0.5, 0.6) is 0 Å². The molecule has 0 saturated heterocycles. The maximum atomic E-state index is 11.6. The summed E-state index contributed by atoms with van der Waals surface area (Å²) < 4.78 is 6.26. The smallest absolute Gasteiger partial charge is 0.184 e. The summed E-state index contributed by atoms with van der Waals surface area (Å²) in [5.74, 6) is 6.03. The maximum Gasteiger partial charge on any atom is 0.184 e. The van der Waals surface area contributed by atoms with Crippen LogP contribution in [0.4, 0.5) is 0 Å². The van der Waals surface area contributed by atoms with Crippen molar-refractivity contribution in [2.24, 2.45) is 35.5 Å². The van der Waals surface area contributed by atoms with Gasteiger partial charge in [-0.1, -0.05) is 104 Å². The van der Waals surface area contributed by atoms with E-state index in [1.54, 1.807) is 16.7 Å². The summed E-state index contributed by atoms with van der Waals surface area (Å²) in [7, 11) is -1.63. The summed E-state index contributed by atoms with van der Waals surface area (Å²) in [6.07, 6.45) is 24.1.